The molecule has 208 valence electrons. The minimum absolute atomic E-state index is 0.0133. The molecule has 1 heterocycles. The Morgan fingerprint density at radius 1 is 0.974 bits per heavy atom. The number of amides is 1. The molecule has 0 aromatic heterocycles. The number of ether oxygens (including phenoxy) is 2. The van der Waals surface area contributed by atoms with Gasteiger partial charge in [-0.3, -0.25) is 9.10 Å². The topological polar surface area (TPSA) is 122 Å². The molecule has 4 rings (SSSR count). The number of rotatable bonds is 9. The molecule has 0 unspecified atom stereocenters. The molecular formula is C26H28ClN3O7S2. The van der Waals surface area contributed by atoms with Crippen molar-refractivity contribution in [3.8, 4) is 5.75 Å². The van der Waals surface area contributed by atoms with E-state index in [2.05, 4.69) is 5.32 Å². The highest BCUT2D eigenvalue weighted by atomic mass is 35.5. The summed E-state index contributed by atoms with van der Waals surface area (Å²) < 4.78 is 65.9. The van der Waals surface area contributed by atoms with E-state index in [1.54, 1.807) is 18.2 Å². The van der Waals surface area contributed by atoms with Crippen LogP contribution in [0.3, 0.4) is 0 Å². The quantitative estimate of drug-likeness (QED) is 0.403. The number of hydrogen-bond donors (Lipinski definition) is 1. The molecule has 0 atom stereocenters. The van der Waals surface area contributed by atoms with Crippen molar-refractivity contribution in [3.63, 3.8) is 0 Å². The number of carbonyl (C=O) groups excluding carboxylic acids is 1. The lowest BCUT2D eigenvalue weighted by Crippen LogP contribution is -2.40. The standard InChI is InChI=1S/C26H28ClN3O7S2/c1-19-3-8-23(9-4-19)39(34,35)30(24-17-20(27)5-12-25(24)36-2)18-26(31)28-21-6-10-22(11-7-21)38(32,33)29-13-15-37-16-14-29/h3-12,17H,13-16,18H2,1-2H3,(H,28,31). The summed E-state index contributed by atoms with van der Waals surface area (Å²) in [5.41, 5.74) is 1.26. The fourth-order valence-electron chi connectivity index (χ4n) is 3.97. The Labute approximate surface area is 233 Å². The van der Waals surface area contributed by atoms with E-state index in [-0.39, 0.29) is 39.3 Å². The average Bonchev–Trinajstić information content (AvgIpc) is 2.92. The molecule has 0 saturated carbocycles. The third-order valence-corrected chi connectivity index (χ3v) is 9.97. The minimum Gasteiger partial charge on any atom is -0.495 e. The van der Waals surface area contributed by atoms with Crippen molar-refractivity contribution >= 4 is 48.9 Å². The van der Waals surface area contributed by atoms with E-state index in [9.17, 15) is 21.6 Å². The Morgan fingerprint density at radius 2 is 1.59 bits per heavy atom. The molecule has 39 heavy (non-hydrogen) atoms. The number of aryl methyl sites for hydroxylation is 1. The van der Waals surface area contributed by atoms with E-state index in [0.29, 0.717) is 18.9 Å². The molecule has 1 fully saturated rings. The van der Waals surface area contributed by atoms with Crippen molar-refractivity contribution in [1.82, 2.24) is 4.31 Å². The van der Waals surface area contributed by atoms with Gasteiger partial charge in [-0.25, -0.2) is 16.8 Å². The van der Waals surface area contributed by atoms with Crippen molar-refractivity contribution in [2.24, 2.45) is 0 Å². The van der Waals surface area contributed by atoms with Crippen LogP contribution < -0.4 is 14.4 Å². The monoisotopic (exact) mass is 593 g/mol. The third-order valence-electron chi connectivity index (χ3n) is 6.05. The summed E-state index contributed by atoms with van der Waals surface area (Å²) in [7, 11) is -6.52. The first-order valence-corrected chi connectivity index (χ1v) is 15.2. The van der Waals surface area contributed by atoms with E-state index in [4.69, 9.17) is 21.1 Å². The lowest BCUT2D eigenvalue weighted by atomic mass is 10.2. The van der Waals surface area contributed by atoms with Crippen LogP contribution in [0.15, 0.2) is 76.5 Å². The minimum atomic E-state index is -4.21. The van der Waals surface area contributed by atoms with Crippen LogP contribution in [0.5, 0.6) is 5.75 Å². The number of methoxy groups -OCH3 is 1. The van der Waals surface area contributed by atoms with Gasteiger partial charge < -0.3 is 14.8 Å². The molecule has 1 aliphatic heterocycles. The molecule has 1 amide bonds. The number of hydrogen-bond acceptors (Lipinski definition) is 7. The first-order chi connectivity index (χ1) is 18.5. The molecule has 13 heteroatoms. The van der Waals surface area contributed by atoms with Crippen LogP contribution in [-0.4, -0.2) is 67.0 Å². The summed E-state index contributed by atoms with van der Waals surface area (Å²) >= 11 is 6.17. The maximum absolute atomic E-state index is 13.7. The molecule has 0 spiro atoms. The molecule has 10 nitrogen and oxygen atoms in total. The molecule has 1 aliphatic rings. The predicted octanol–water partition coefficient (Wildman–Crippen LogP) is 3.51. The maximum Gasteiger partial charge on any atom is 0.264 e. The highest BCUT2D eigenvalue weighted by Crippen LogP contribution is 2.35. The number of carbonyl (C=O) groups is 1. The summed E-state index contributed by atoms with van der Waals surface area (Å²) in [5, 5.41) is 2.89. The zero-order valence-corrected chi connectivity index (χ0v) is 23.7. The predicted molar refractivity (Wildman–Crippen MR) is 148 cm³/mol. The number of nitrogens with one attached hydrogen (secondary N) is 1. The average molecular weight is 594 g/mol. The van der Waals surface area contributed by atoms with Gasteiger partial charge in [0, 0.05) is 23.8 Å². The largest absolute Gasteiger partial charge is 0.495 e. The fourth-order valence-corrected chi connectivity index (χ4v) is 6.97. The number of anilines is 2. The number of benzene rings is 3. The van der Waals surface area contributed by atoms with Crippen LogP contribution in [0.25, 0.3) is 0 Å². The molecule has 0 radical (unpaired) electrons. The molecule has 0 aliphatic carbocycles. The number of sulfonamides is 2. The molecule has 1 N–H and O–H groups in total. The number of nitrogens with zero attached hydrogens (tertiary/aromatic N) is 2. The van der Waals surface area contributed by atoms with Crippen molar-refractivity contribution < 1.29 is 31.1 Å². The van der Waals surface area contributed by atoms with Crippen LogP contribution in [-0.2, 0) is 29.6 Å². The highest BCUT2D eigenvalue weighted by molar-refractivity contribution is 7.93. The zero-order valence-electron chi connectivity index (χ0n) is 21.3. The fraction of sp³-hybridized carbons (Fsp3) is 0.269. The van der Waals surface area contributed by atoms with E-state index < -0.39 is 32.5 Å². The maximum atomic E-state index is 13.7. The van der Waals surface area contributed by atoms with Crippen LogP contribution in [0.2, 0.25) is 5.02 Å². The van der Waals surface area contributed by atoms with Gasteiger partial charge >= 0.3 is 0 Å². The van der Waals surface area contributed by atoms with Gasteiger partial charge in [0.05, 0.1) is 35.8 Å². The van der Waals surface area contributed by atoms with Crippen LogP contribution >= 0.6 is 11.6 Å². The van der Waals surface area contributed by atoms with Gasteiger partial charge in [0.15, 0.2) is 0 Å². The number of halogens is 1. The van der Waals surface area contributed by atoms with Gasteiger partial charge in [-0.05, 0) is 61.5 Å². The van der Waals surface area contributed by atoms with E-state index in [0.717, 1.165) is 9.87 Å². The van der Waals surface area contributed by atoms with Gasteiger partial charge in [0.1, 0.15) is 12.3 Å². The lowest BCUT2D eigenvalue weighted by Gasteiger charge is -2.26. The molecule has 0 bridgehead atoms. The SMILES string of the molecule is COc1ccc(Cl)cc1N(CC(=O)Nc1ccc(S(=O)(=O)N2CCOCC2)cc1)S(=O)(=O)c1ccc(C)cc1. The smallest absolute Gasteiger partial charge is 0.264 e. The first kappa shape index (κ1) is 28.8. The van der Waals surface area contributed by atoms with Crippen molar-refractivity contribution in [3.05, 3.63) is 77.3 Å². The zero-order chi connectivity index (χ0) is 28.2. The highest BCUT2D eigenvalue weighted by Gasteiger charge is 2.30. The normalized spacial score (nSPS) is 14.5. The Balaban J connectivity index is 1.59. The Bertz CT molecular complexity index is 1540. The van der Waals surface area contributed by atoms with Crippen molar-refractivity contribution in [2.75, 3.05) is 49.6 Å². The van der Waals surface area contributed by atoms with E-state index in [1.807, 2.05) is 6.92 Å². The van der Waals surface area contributed by atoms with Crippen molar-refractivity contribution in [2.45, 2.75) is 16.7 Å². The second-order valence-corrected chi connectivity index (χ2v) is 13.0. The summed E-state index contributed by atoms with van der Waals surface area (Å²) in [4.78, 5) is 13.2. The lowest BCUT2D eigenvalue weighted by molar-refractivity contribution is -0.114. The van der Waals surface area contributed by atoms with Gasteiger partial charge in [-0.2, -0.15) is 4.31 Å². The summed E-state index contributed by atoms with van der Waals surface area (Å²) in [6.07, 6.45) is 0. The van der Waals surface area contributed by atoms with Crippen molar-refractivity contribution in [1.29, 1.82) is 0 Å². The Hall–Kier alpha value is -3.16. The van der Waals surface area contributed by atoms with Gasteiger partial charge in [-0.1, -0.05) is 29.3 Å². The summed E-state index contributed by atoms with van der Waals surface area (Å²) in [6, 6.07) is 16.4. The Kier molecular flexibility index (Phi) is 8.82. The number of morpholine rings is 1. The van der Waals surface area contributed by atoms with Crippen LogP contribution in [0.1, 0.15) is 5.56 Å². The summed E-state index contributed by atoms with van der Waals surface area (Å²) in [5.74, 6) is -0.447. The van der Waals surface area contributed by atoms with Gasteiger partial charge in [0.2, 0.25) is 15.9 Å². The molecule has 3 aromatic rings. The molecule has 3 aromatic carbocycles. The molecule has 1 saturated heterocycles. The Morgan fingerprint density at radius 3 is 2.21 bits per heavy atom. The van der Waals surface area contributed by atoms with Gasteiger partial charge in [0.25, 0.3) is 10.0 Å². The second kappa shape index (κ2) is 11.9. The summed E-state index contributed by atoms with van der Waals surface area (Å²) in [6.45, 7) is 2.41. The van der Waals surface area contributed by atoms with Crippen LogP contribution in [0.4, 0.5) is 11.4 Å². The van der Waals surface area contributed by atoms with Gasteiger partial charge in [-0.15, -0.1) is 0 Å². The first-order valence-electron chi connectivity index (χ1n) is 11.9. The van der Waals surface area contributed by atoms with E-state index in [1.165, 1.54) is 59.9 Å². The second-order valence-electron chi connectivity index (χ2n) is 8.73. The van der Waals surface area contributed by atoms with Crippen LogP contribution in [0, 0.1) is 6.92 Å². The van der Waals surface area contributed by atoms with E-state index >= 15 is 0 Å². The molecular weight excluding hydrogens is 566 g/mol. The third kappa shape index (κ3) is 6.53.